The summed E-state index contributed by atoms with van der Waals surface area (Å²) in [6, 6.07) is 3.24. The Bertz CT molecular complexity index is 325. The first kappa shape index (κ1) is 8.52. The van der Waals surface area contributed by atoms with Crippen LogP contribution >= 0.6 is 27.5 Å². The van der Waals surface area contributed by atoms with Crippen LogP contribution in [0.5, 0.6) is 0 Å². The maximum atomic E-state index is 13.0. The number of halogens is 3. The fourth-order valence-electron chi connectivity index (χ4n) is 1.58. The maximum Gasteiger partial charge on any atom is 0.137 e. The van der Waals surface area contributed by atoms with E-state index < -0.39 is 0 Å². The first-order valence-electron chi connectivity index (χ1n) is 3.81. The van der Waals surface area contributed by atoms with Gasteiger partial charge in [0.2, 0.25) is 0 Å². The number of alkyl halides is 1. The van der Waals surface area contributed by atoms with Gasteiger partial charge in [-0.05, 0) is 46.0 Å². The van der Waals surface area contributed by atoms with E-state index in [0.29, 0.717) is 4.47 Å². The molecule has 1 aromatic carbocycles. The van der Waals surface area contributed by atoms with Crippen LogP contribution in [0.1, 0.15) is 22.9 Å². The van der Waals surface area contributed by atoms with Gasteiger partial charge in [-0.2, -0.15) is 0 Å². The number of hydrogen-bond acceptors (Lipinski definition) is 0. The largest absolute Gasteiger partial charge is 0.206 e. The number of fused-ring (bicyclic) bond motifs is 1. The highest BCUT2D eigenvalue weighted by Gasteiger charge is 2.23. The van der Waals surface area contributed by atoms with Crippen molar-refractivity contribution in [3.63, 3.8) is 0 Å². The van der Waals surface area contributed by atoms with Crippen LogP contribution in [0.4, 0.5) is 4.39 Å². The van der Waals surface area contributed by atoms with E-state index >= 15 is 0 Å². The first-order valence-corrected chi connectivity index (χ1v) is 5.04. The molecule has 1 unspecified atom stereocenters. The van der Waals surface area contributed by atoms with Crippen LogP contribution in [0.2, 0.25) is 0 Å². The summed E-state index contributed by atoms with van der Waals surface area (Å²) in [5.74, 6) is -0.195. The summed E-state index contributed by atoms with van der Waals surface area (Å²) in [6.07, 6.45) is 1.79. The average molecular weight is 250 g/mol. The van der Waals surface area contributed by atoms with E-state index in [1.165, 1.54) is 6.07 Å². The van der Waals surface area contributed by atoms with Gasteiger partial charge in [0.25, 0.3) is 0 Å². The van der Waals surface area contributed by atoms with Crippen molar-refractivity contribution >= 4 is 27.5 Å². The molecule has 0 aromatic heterocycles. The lowest BCUT2D eigenvalue weighted by atomic mass is 10.1. The minimum atomic E-state index is -0.195. The number of rotatable bonds is 0. The van der Waals surface area contributed by atoms with Gasteiger partial charge >= 0.3 is 0 Å². The molecule has 0 amide bonds. The van der Waals surface area contributed by atoms with Gasteiger partial charge in [-0.1, -0.05) is 6.07 Å². The molecule has 0 saturated carbocycles. The molecule has 0 saturated heterocycles. The van der Waals surface area contributed by atoms with Gasteiger partial charge in [-0.15, -0.1) is 11.6 Å². The zero-order valence-corrected chi connectivity index (χ0v) is 8.62. The van der Waals surface area contributed by atoms with Crippen LogP contribution in [0.3, 0.4) is 0 Å². The van der Waals surface area contributed by atoms with Crippen molar-refractivity contribution in [3.8, 4) is 0 Å². The second-order valence-electron chi connectivity index (χ2n) is 2.94. The van der Waals surface area contributed by atoms with E-state index in [0.717, 1.165) is 24.0 Å². The molecule has 64 valence electrons. The SMILES string of the molecule is Fc1ccc2c(c1Br)CCC2Cl. The van der Waals surface area contributed by atoms with Crippen LogP contribution in [0.25, 0.3) is 0 Å². The molecular weight excluding hydrogens is 242 g/mol. The minimum Gasteiger partial charge on any atom is -0.206 e. The van der Waals surface area contributed by atoms with Gasteiger partial charge in [-0.3, -0.25) is 0 Å². The number of benzene rings is 1. The Morgan fingerprint density at radius 1 is 1.50 bits per heavy atom. The van der Waals surface area contributed by atoms with E-state index in [1.54, 1.807) is 6.07 Å². The third-order valence-electron chi connectivity index (χ3n) is 2.22. The highest BCUT2D eigenvalue weighted by molar-refractivity contribution is 9.10. The van der Waals surface area contributed by atoms with E-state index in [9.17, 15) is 4.39 Å². The summed E-state index contributed by atoms with van der Waals surface area (Å²) >= 11 is 9.25. The van der Waals surface area contributed by atoms with Gasteiger partial charge in [-0.25, -0.2) is 4.39 Å². The highest BCUT2D eigenvalue weighted by atomic mass is 79.9. The number of hydrogen-bond donors (Lipinski definition) is 0. The van der Waals surface area contributed by atoms with E-state index in [-0.39, 0.29) is 11.2 Å². The predicted octanol–water partition coefficient (Wildman–Crippen LogP) is 3.81. The van der Waals surface area contributed by atoms with Gasteiger partial charge in [0, 0.05) is 0 Å². The molecule has 0 spiro atoms. The Hall–Kier alpha value is -0.0800. The first-order chi connectivity index (χ1) is 5.70. The van der Waals surface area contributed by atoms with Crippen molar-refractivity contribution in [2.24, 2.45) is 0 Å². The molecule has 0 aliphatic heterocycles. The lowest BCUT2D eigenvalue weighted by Crippen LogP contribution is -1.88. The molecule has 3 heteroatoms. The summed E-state index contributed by atoms with van der Waals surface area (Å²) in [7, 11) is 0. The maximum absolute atomic E-state index is 13.0. The molecule has 2 rings (SSSR count). The Labute approximate surface area is 83.9 Å². The van der Waals surface area contributed by atoms with Crippen molar-refractivity contribution in [2.45, 2.75) is 18.2 Å². The fraction of sp³-hybridized carbons (Fsp3) is 0.333. The van der Waals surface area contributed by atoms with Crippen LogP contribution in [0, 0.1) is 5.82 Å². The molecule has 1 aromatic rings. The second kappa shape index (κ2) is 3.00. The molecule has 0 heterocycles. The molecule has 1 atom stereocenters. The Morgan fingerprint density at radius 2 is 2.25 bits per heavy atom. The summed E-state index contributed by atoms with van der Waals surface area (Å²) in [5.41, 5.74) is 2.11. The van der Waals surface area contributed by atoms with Crippen molar-refractivity contribution < 1.29 is 4.39 Å². The van der Waals surface area contributed by atoms with Crippen LogP contribution in [-0.2, 0) is 6.42 Å². The van der Waals surface area contributed by atoms with Crippen molar-refractivity contribution in [1.82, 2.24) is 0 Å². The van der Waals surface area contributed by atoms with Crippen LogP contribution in [0.15, 0.2) is 16.6 Å². The van der Waals surface area contributed by atoms with Crippen molar-refractivity contribution in [2.75, 3.05) is 0 Å². The zero-order valence-electron chi connectivity index (χ0n) is 6.28. The summed E-state index contributed by atoms with van der Waals surface area (Å²) < 4.78 is 13.6. The molecule has 1 aliphatic carbocycles. The smallest absolute Gasteiger partial charge is 0.137 e. The Balaban J connectivity index is 2.60. The van der Waals surface area contributed by atoms with E-state index in [1.807, 2.05) is 0 Å². The monoisotopic (exact) mass is 248 g/mol. The quantitative estimate of drug-likeness (QED) is 0.613. The molecule has 12 heavy (non-hydrogen) atoms. The van der Waals surface area contributed by atoms with E-state index in [2.05, 4.69) is 15.9 Å². The highest BCUT2D eigenvalue weighted by Crippen LogP contribution is 2.40. The molecule has 1 aliphatic rings. The second-order valence-corrected chi connectivity index (χ2v) is 4.26. The topological polar surface area (TPSA) is 0 Å². The Kier molecular flexibility index (Phi) is 2.13. The Morgan fingerprint density at radius 3 is 3.00 bits per heavy atom. The van der Waals surface area contributed by atoms with Gasteiger partial charge in [0.05, 0.1) is 9.85 Å². The third kappa shape index (κ3) is 1.17. The van der Waals surface area contributed by atoms with Gasteiger partial charge in [0.15, 0.2) is 0 Å². The van der Waals surface area contributed by atoms with Crippen LogP contribution < -0.4 is 0 Å². The van der Waals surface area contributed by atoms with E-state index in [4.69, 9.17) is 11.6 Å². The standard InChI is InChI=1S/C9H7BrClF/c10-9-6-1-3-7(11)5(6)2-4-8(9)12/h2,4,7H,1,3H2. The lowest BCUT2D eigenvalue weighted by molar-refractivity contribution is 0.618. The molecular formula is C9H7BrClF. The fourth-order valence-corrected chi connectivity index (χ4v) is 2.45. The molecule has 0 fully saturated rings. The average Bonchev–Trinajstić information content (AvgIpc) is 2.41. The zero-order chi connectivity index (χ0) is 8.72. The third-order valence-corrected chi connectivity index (χ3v) is 3.53. The van der Waals surface area contributed by atoms with Crippen LogP contribution in [-0.4, -0.2) is 0 Å². The normalized spacial score (nSPS) is 21.1. The van der Waals surface area contributed by atoms with Gasteiger partial charge < -0.3 is 0 Å². The lowest BCUT2D eigenvalue weighted by Gasteiger charge is -2.04. The van der Waals surface area contributed by atoms with Crippen molar-refractivity contribution in [3.05, 3.63) is 33.5 Å². The van der Waals surface area contributed by atoms with Gasteiger partial charge in [0.1, 0.15) is 5.82 Å². The summed E-state index contributed by atoms with van der Waals surface area (Å²) in [6.45, 7) is 0. The van der Waals surface area contributed by atoms with Crippen molar-refractivity contribution in [1.29, 1.82) is 0 Å². The minimum absolute atomic E-state index is 0.0666. The summed E-state index contributed by atoms with van der Waals surface area (Å²) in [5, 5.41) is 0.0666. The predicted molar refractivity (Wildman–Crippen MR) is 51.0 cm³/mol. The molecule has 0 nitrogen and oxygen atoms in total. The molecule has 0 N–H and O–H groups in total. The summed E-state index contributed by atoms with van der Waals surface area (Å²) in [4.78, 5) is 0. The molecule has 0 bridgehead atoms. The molecule has 0 radical (unpaired) electrons.